The van der Waals surface area contributed by atoms with Gasteiger partial charge < -0.3 is 10.1 Å². The highest BCUT2D eigenvalue weighted by Gasteiger charge is 2.16. The molecule has 100 valence electrons. The average Bonchev–Trinajstić information content (AvgIpc) is 2.41. The molecule has 0 amide bonds. The molecule has 0 bridgehead atoms. The minimum absolute atomic E-state index is 0.888. The second-order valence-electron chi connectivity index (χ2n) is 5.26. The zero-order valence-electron chi connectivity index (χ0n) is 11.4. The van der Waals surface area contributed by atoms with Gasteiger partial charge in [0.05, 0.1) is 7.11 Å². The Balaban J connectivity index is 1.74. The number of rotatable bonds is 5. The minimum Gasteiger partial charge on any atom is -0.497 e. The molecule has 2 aromatic rings. The van der Waals surface area contributed by atoms with Crippen LogP contribution >= 0.6 is 0 Å². The number of hydrogen-bond donors (Lipinski definition) is 1. The van der Waals surface area contributed by atoms with Crippen molar-refractivity contribution < 1.29 is 4.74 Å². The van der Waals surface area contributed by atoms with Gasteiger partial charge in [0.1, 0.15) is 11.6 Å². The van der Waals surface area contributed by atoms with Gasteiger partial charge in [-0.05, 0) is 42.0 Å². The van der Waals surface area contributed by atoms with E-state index in [-0.39, 0.29) is 0 Å². The lowest BCUT2D eigenvalue weighted by atomic mass is 9.83. The molecule has 1 heterocycles. The van der Waals surface area contributed by atoms with Crippen LogP contribution in [0.2, 0.25) is 0 Å². The number of nitrogens with zero attached hydrogens (tertiary/aromatic N) is 1. The SMILES string of the molecule is COc1ccc2c(NCCC3CCC3)nccc2c1. The summed E-state index contributed by atoms with van der Waals surface area (Å²) in [6.45, 7) is 1.02. The van der Waals surface area contributed by atoms with Gasteiger partial charge in [-0.25, -0.2) is 4.98 Å². The quantitative estimate of drug-likeness (QED) is 0.882. The van der Waals surface area contributed by atoms with Gasteiger partial charge in [-0.3, -0.25) is 0 Å². The first-order valence-electron chi connectivity index (χ1n) is 7.03. The highest BCUT2D eigenvalue weighted by molar-refractivity contribution is 5.92. The van der Waals surface area contributed by atoms with Gasteiger partial charge in [-0.15, -0.1) is 0 Å². The average molecular weight is 256 g/mol. The number of methoxy groups -OCH3 is 1. The van der Waals surface area contributed by atoms with Crippen molar-refractivity contribution in [2.45, 2.75) is 25.7 Å². The molecule has 1 aromatic heterocycles. The number of hydrogen-bond acceptors (Lipinski definition) is 3. The molecule has 0 aliphatic heterocycles. The van der Waals surface area contributed by atoms with E-state index in [1.54, 1.807) is 7.11 Å². The van der Waals surface area contributed by atoms with Crippen LogP contribution in [0.3, 0.4) is 0 Å². The number of pyridine rings is 1. The van der Waals surface area contributed by atoms with Crippen LogP contribution in [0.25, 0.3) is 10.8 Å². The van der Waals surface area contributed by atoms with Crippen LogP contribution in [0.1, 0.15) is 25.7 Å². The molecule has 1 N–H and O–H groups in total. The number of anilines is 1. The summed E-state index contributed by atoms with van der Waals surface area (Å²) in [6, 6.07) is 8.14. The maximum absolute atomic E-state index is 5.26. The van der Waals surface area contributed by atoms with E-state index in [1.807, 2.05) is 24.4 Å². The predicted octanol–water partition coefficient (Wildman–Crippen LogP) is 3.85. The van der Waals surface area contributed by atoms with Crippen molar-refractivity contribution in [3.8, 4) is 5.75 Å². The largest absolute Gasteiger partial charge is 0.497 e. The number of fused-ring (bicyclic) bond motifs is 1. The topological polar surface area (TPSA) is 34.1 Å². The van der Waals surface area contributed by atoms with Gasteiger partial charge in [0, 0.05) is 18.1 Å². The van der Waals surface area contributed by atoms with E-state index >= 15 is 0 Å². The molecule has 3 heteroatoms. The fourth-order valence-electron chi connectivity index (χ4n) is 2.60. The minimum atomic E-state index is 0.888. The van der Waals surface area contributed by atoms with Crippen LogP contribution in [-0.4, -0.2) is 18.6 Å². The number of aromatic nitrogens is 1. The van der Waals surface area contributed by atoms with Crippen molar-refractivity contribution in [1.82, 2.24) is 4.98 Å². The molecule has 0 unspecified atom stereocenters. The Kier molecular flexibility index (Phi) is 3.53. The first kappa shape index (κ1) is 12.3. The zero-order valence-corrected chi connectivity index (χ0v) is 11.4. The van der Waals surface area contributed by atoms with Crippen molar-refractivity contribution >= 4 is 16.6 Å². The Hall–Kier alpha value is -1.77. The number of ether oxygens (including phenoxy) is 1. The molecule has 0 saturated heterocycles. The summed E-state index contributed by atoms with van der Waals surface area (Å²) in [6.07, 6.45) is 7.34. The third-order valence-corrected chi connectivity index (χ3v) is 4.04. The maximum Gasteiger partial charge on any atom is 0.133 e. The van der Waals surface area contributed by atoms with E-state index in [0.29, 0.717) is 0 Å². The van der Waals surface area contributed by atoms with Crippen LogP contribution < -0.4 is 10.1 Å². The lowest BCUT2D eigenvalue weighted by Crippen LogP contribution is -2.16. The normalized spacial score (nSPS) is 15.2. The Morgan fingerprint density at radius 2 is 2.21 bits per heavy atom. The third kappa shape index (κ3) is 2.65. The molecule has 0 radical (unpaired) electrons. The third-order valence-electron chi connectivity index (χ3n) is 4.04. The van der Waals surface area contributed by atoms with Gasteiger partial charge in [0.2, 0.25) is 0 Å². The van der Waals surface area contributed by atoms with Gasteiger partial charge in [-0.1, -0.05) is 19.3 Å². The van der Waals surface area contributed by atoms with Crippen LogP contribution in [0.4, 0.5) is 5.82 Å². The van der Waals surface area contributed by atoms with Crippen molar-refractivity contribution in [3.63, 3.8) is 0 Å². The molecule has 3 rings (SSSR count). The molecule has 1 fully saturated rings. The maximum atomic E-state index is 5.26. The molecule has 0 spiro atoms. The molecule has 0 atom stereocenters. The van der Waals surface area contributed by atoms with E-state index in [1.165, 1.54) is 31.1 Å². The fourth-order valence-corrected chi connectivity index (χ4v) is 2.60. The monoisotopic (exact) mass is 256 g/mol. The van der Waals surface area contributed by atoms with Crippen LogP contribution in [0.15, 0.2) is 30.5 Å². The van der Waals surface area contributed by atoms with Gasteiger partial charge in [-0.2, -0.15) is 0 Å². The second-order valence-corrected chi connectivity index (χ2v) is 5.26. The summed E-state index contributed by atoms with van der Waals surface area (Å²) in [5, 5.41) is 5.80. The summed E-state index contributed by atoms with van der Waals surface area (Å²) in [5.41, 5.74) is 0. The first-order chi connectivity index (χ1) is 9.36. The van der Waals surface area contributed by atoms with Crippen molar-refractivity contribution in [3.05, 3.63) is 30.5 Å². The second kappa shape index (κ2) is 5.47. The summed E-state index contributed by atoms with van der Waals surface area (Å²) in [7, 11) is 1.69. The van der Waals surface area contributed by atoms with Crippen LogP contribution in [-0.2, 0) is 0 Å². The van der Waals surface area contributed by atoms with Crippen LogP contribution in [0, 0.1) is 5.92 Å². The van der Waals surface area contributed by atoms with E-state index in [2.05, 4.69) is 16.4 Å². The van der Waals surface area contributed by atoms with Crippen molar-refractivity contribution in [1.29, 1.82) is 0 Å². The summed E-state index contributed by atoms with van der Waals surface area (Å²) in [4.78, 5) is 4.45. The molecule has 1 aliphatic rings. The standard InChI is InChI=1S/C16H20N2O/c1-19-14-5-6-15-13(11-14)8-10-18-16(15)17-9-7-12-3-2-4-12/h5-6,8,10-12H,2-4,7,9H2,1H3,(H,17,18). The Bertz CT molecular complexity index is 564. The van der Waals surface area contributed by atoms with Crippen molar-refractivity contribution in [2.75, 3.05) is 19.0 Å². The van der Waals surface area contributed by atoms with E-state index < -0.39 is 0 Å². The lowest BCUT2D eigenvalue weighted by molar-refractivity contribution is 0.303. The molecule has 1 aromatic carbocycles. The first-order valence-corrected chi connectivity index (χ1v) is 7.03. The Labute approximate surface area is 114 Å². The summed E-state index contributed by atoms with van der Waals surface area (Å²) < 4.78 is 5.26. The summed E-state index contributed by atoms with van der Waals surface area (Å²) >= 11 is 0. The van der Waals surface area contributed by atoms with Crippen LogP contribution in [0.5, 0.6) is 5.75 Å². The number of benzene rings is 1. The Morgan fingerprint density at radius 3 is 2.95 bits per heavy atom. The Morgan fingerprint density at radius 1 is 1.32 bits per heavy atom. The molecule has 1 aliphatic carbocycles. The number of nitrogens with one attached hydrogen (secondary N) is 1. The zero-order chi connectivity index (χ0) is 13.1. The molecular weight excluding hydrogens is 236 g/mol. The molecular formula is C16H20N2O. The molecule has 1 saturated carbocycles. The molecule has 3 nitrogen and oxygen atoms in total. The highest BCUT2D eigenvalue weighted by Crippen LogP contribution is 2.30. The predicted molar refractivity (Wildman–Crippen MR) is 78.7 cm³/mol. The van der Waals surface area contributed by atoms with E-state index in [4.69, 9.17) is 4.74 Å². The van der Waals surface area contributed by atoms with Crippen molar-refractivity contribution in [2.24, 2.45) is 5.92 Å². The molecule has 19 heavy (non-hydrogen) atoms. The fraction of sp³-hybridized carbons (Fsp3) is 0.438. The van der Waals surface area contributed by atoms with Gasteiger partial charge >= 0.3 is 0 Å². The smallest absolute Gasteiger partial charge is 0.133 e. The van der Waals surface area contributed by atoms with E-state index in [0.717, 1.165) is 29.4 Å². The van der Waals surface area contributed by atoms with E-state index in [9.17, 15) is 0 Å². The van der Waals surface area contributed by atoms with Gasteiger partial charge in [0.15, 0.2) is 0 Å². The lowest BCUT2D eigenvalue weighted by Gasteiger charge is -2.25. The van der Waals surface area contributed by atoms with Gasteiger partial charge in [0.25, 0.3) is 0 Å². The summed E-state index contributed by atoms with van der Waals surface area (Å²) in [5.74, 6) is 2.81. The highest BCUT2D eigenvalue weighted by atomic mass is 16.5.